The van der Waals surface area contributed by atoms with Crippen LogP contribution in [0.1, 0.15) is 0 Å². The zero-order valence-electron chi connectivity index (χ0n) is 5.25. The van der Waals surface area contributed by atoms with Crippen molar-refractivity contribution in [3.05, 3.63) is 31.2 Å². The van der Waals surface area contributed by atoms with Gasteiger partial charge in [0.25, 0.3) is 0 Å². The molecule has 0 aromatic heterocycles. The van der Waals surface area contributed by atoms with Crippen molar-refractivity contribution >= 4 is 0 Å². The quantitative estimate of drug-likeness (QED) is 0.356. The van der Waals surface area contributed by atoms with E-state index < -0.39 is 5.66 Å². The minimum atomic E-state index is -0.742. The predicted octanol–water partition coefficient (Wildman–Crippen LogP) is 0.176. The molecular weight excluding hydrogens is 112 g/mol. The summed E-state index contributed by atoms with van der Waals surface area (Å²) in [5.74, 6) is 0.227. The van der Waals surface area contributed by atoms with Crippen molar-refractivity contribution in [3.8, 4) is 0 Å². The molecule has 1 radical (unpaired) electrons. The fraction of sp³-hybridized carbons (Fsp3) is 0.286. The first-order chi connectivity index (χ1) is 4.10. The summed E-state index contributed by atoms with van der Waals surface area (Å²) in [6.45, 7) is 3.78. The van der Waals surface area contributed by atoms with Gasteiger partial charge in [0.05, 0.1) is 0 Å². The Balaban J connectivity index is 2.70. The van der Waals surface area contributed by atoms with E-state index in [4.69, 9.17) is 11.5 Å². The number of nitrogens with two attached hydrogens (primary N) is 2. The highest BCUT2D eigenvalue weighted by molar-refractivity contribution is 5.22. The molecule has 4 N–H and O–H groups in total. The third kappa shape index (κ3) is 1.66. The van der Waals surface area contributed by atoms with Gasteiger partial charge in [0.1, 0.15) is 5.66 Å². The monoisotopic (exact) mass is 123 g/mol. The lowest BCUT2D eigenvalue weighted by molar-refractivity contribution is 0.671. The smallest absolute Gasteiger partial charge is 0.102 e. The van der Waals surface area contributed by atoms with Crippen LogP contribution in [0.2, 0.25) is 0 Å². The van der Waals surface area contributed by atoms with Gasteiger partial charge in [0.15, 0.2) is 0 Å². The highest BCUT2D eigenvalue weighted by Gasteiger charge is 2.13. The van der Waals surface area contributed by atoms with E-state index >= 15 is 0 Å². The van der Waals surface area contributed by atoms with Crippen LogP contribution < -0.4 is 11.5 Å². The van der Waals surface area contributed by atoms with Crippen molar-refractivity contribution in [1.82, 2.24) is 0 Å². The summed E-state index contributed by atoms with van der Waals surface area (Å²) in [5, 5.41) is 0. The molecule has 0 amide bonds. The lowest BCUT2D eigenvalue weighted by Gasteiger charge is -2.19. The van der Waals surface area contributed by atoms with Crippen molar-refractivity contribution in [1.29, 1.82) is 0 Å². The van der Waals surface area contributed by atoms with Gasteiger partial charge in [-0.1, -0.05) is 12.2 Å². The minimum absolute atomic E-state index is 0.227. The van der Waals surface area contributed by atoms with Gasteiger partial charge in [-0.05, 0) is 25.0 Å². The first-order valence-electron chi connectivity index (χ1n) is 2.90. The maximum Gasteiger partial charge on any atom is 0.102 e. The summed E-state index contributed by atoms with van der Waals surface area (Å²) in [4.78, 5) is 0. The molecule has 9 heavy (non-hydrogen) atoms. The van der Waals surface area contributed by atoms with E-state index in [0.717, 1.165) is 0 Å². The molecule has 0 fully saturated rings. The van der Waals surface area contributed by atoms with E-state index in [1.54, 1.807) is 12.2 Å². The van der Waals surface area contributed by atoms with Crippen molar-refractivity contribution in [2.75, 3.05) is 0 Å². The zero-order chi connectivity index (χ0) is 6.91. The summed E-state index contributed by atoms with van der Waals surface area (Å²) >= 11 is 0. The molecule has 49 valence electrons. The fourth-order valence-electron chi connectivity index (χ4n) is 0.700. The van der Waals surface area contributed by atoms with Crippen molar-refractivity contribution in [2.45, 2.75) is 5.66 Å². The maximum absolute atomic E-state index is 5.52. The second-order valence-corrected chi connectivity index (χ2v) is 2.38. The Kier molecular flexibility index (Phi) is 1.43. The zero-order valence-corrected chi connectivity index (χ0v) is 5.25. The van der Waals surface area contributed by atoms with Crippen LogP contribution in [0.5, 0.6) is 0 Å². The first-order valence-corrected chi connectivity index (χ1v) is 2.90. The van der Waals surface area contributed by atoms with Crippen LogP contribution in [0, 0.1) is 12.8 Å². The molecule has 0 atom stereocenters. The Bertz CT molecular complexity index is 140. The third-order valence-corrected chi connectivity index (χ3v) is 1.26. The molecule has 1 aliphatic rings. The van der Waals surface area contributed by atoms with Crippen molar-refractivity contribution in [2.24, 2.45) is 17.4 Å². The first kappa shape index (κ1) is 6.52. The lowest BCUT2D eigenvalue weighted by atomic mass is 9.99. The summed E-state index contributed by atoms with van der Waals surface area (Å²) in [7, 11) is 0. The van der Waals surface area contributed by atoms with Gasteiger partial charge in [-0.15, -0.1) is 0 Å². The number of rotatable bonds is 0. The topological polar surface area (TPSA) is 52.0 Å². The number of hydrogen-bond acceptors (Lipinski definition) is 2. The largest absolute Gasteiger partial charge is 0.307 e. The molecule has 0 saturated heterocycles. The van der Waals surface area contributed by atoms with Crippen LogP contribution in [0.4, 0.5) is 0 Å². The summed E-state index contributed by atoms with van der Waals surface area (Å²) < 4.78 is 0. The standard InChI is InChI=1S/C7H11N2/c1-6-2-4-7(8,9)5-3-6/h2-6H,1,8-9H2. The normalized spacial score (nSPS) is 24.8. The summed E-state index contributed by atoms with van der Waals surface area (Å²) in [5.41, 5.74) is 10.3. The molecule has 2 heteroatoms. The summed E-state index contributed by atoms with van der Waals surface area (Å²) in [6.07, 6.45) is 7.29. The Morgan fingerprint density at radius 2 is 1.67 bits per heavy atom. The molecule has 0 bridgehead atoms. The number of allylic oxidation sites excluding steroid dienone is 2. The third-order valence-electron chi connectivity index (χ3n) is 1.26. The van der Waals surface area contributed by atoms with Crippen LogP contribution in [-0.2, 0) is 0 Å². The van der Waals surface area contributed by atoms with Gasteiger partial charge in [-0.3, -0.25) is 0 Å². The molecule has 0 aromatic rings. The molecule has 0 heterocycles. The molecule has 1 aliphatic carbocycles. The highest BCUT2D eigenvalue weighted by Crippen LogP contribution is 2.10. The van der Waals surface area contributed by atoms with Gasteiger partial charge >= 0.3 is 0 Å². The van der Waals surface area contributed by atoms with Crippen LogP contribution in [-0.4, -0.2) is 5.66 Å². The highest BCUT2D eigenvalue weighted by atomic mass is 14.9. The molecule has 0 aliphatic heterocycles. The van der Waals surface area contributed by atoms with E-state index in [2.05, 4.69) is 6.92 Å². The van der Waals surface area contributed by atoms with Crippen LogP contribution in [0.25, 0.3) is 0 Å². The molecule has 0 spiro atoms. The Labute approximate surface area is 55.2 Å². The Morgan fingerprint density at radius 3 is 2.00 bits per heavy atom. The molecule has 2 nitrogen and oxygen atoms in total. The van der Waals surface area contributed by atoms with Gasteiger partial charge in [-0.2, -0.15) is 0 Å². The molecule has 0 saturated carbocycles. The Morgan fingerprint density at radius 1 is 1.22 bits per heavy atom. The lowest BCUT2D eigenvalue weighted by Crippen LogP contribution is -2.46. The predicted molar refractivity (Wildman–Crippen MR) is 38.2 cm³/mol. The average Bonchev–Trinajstić information content (AvgIpc) is 1.78. The van der Waals surface area contributed by atoms with Gasteiger partial charge in [0, 0.05) is 0 Å². The van der Waals surface area contributed by atoms with Gasteiger partial charge < -0.3 is 11.5 Å². The SMILES string of the molecule is [CH2]C1C=CC(N)(N)C=C1. The van der Waals surface area contributed by atoms with E-state index in [1.165, 1.54) is 0 Å². The second-order valence-electron chi connectivity index (χ2n) is 2.38. The second kappa shape index (κ2) is 1.97. The average molecular weight is 123 g/mol. The summed E-state index contributed by atoms with van der Waals surface area (Å²) in [6, 6.07) is 0. The van der Waals surface area contributed by atoms with Gasteiger partial charge in [0.2, 0.25) is 0 Å². The fourth-order valence-corrected chi connectivity index (χ4v) is 0.700. The van der Waals surface area contributed by atoms with Crippen molar-refractivity contribution in [3.63, 3.8) is 0 Å². The van der Waals surface area contributed by atoms with Gasteiger partial charge in [-0.25, -0.2) is 0 Å². The minimum Gasteiger partial charge on any atom is -0.307 e. The van der Waals surface area contributed by atoms with Crippen LogP contribution >= 0.6 is 0 Å². The van der Waals surface area contributed by atoms with Crippen molar-refractivity contribution < 1.29 is 0 Å². The molecule has 0 unspecified atom stereocenters. The van der Waals surface area contributed by atoms with E-state index in [9.17, 15) is 0 Å². The molecule has 0 aromatic carbocycles. The Hall–Kier alpha value is -0.600. The van der Waals surface area contributed by atoms with E-state index in [-0.39, 0.29) is 5.92 Å². The van der Waals surface area contributed by atoms with E-state index in [1.807, 2.05) is 12.2 Å². The van der Waals surface area contributed by atoms with Crippen LogP contribution in [0.3, 0.4) is 0 Å². The van der Waals surface area contributed by atoms with Crippen LogP contribution in [0.15, 0.2) is 24.3 Å². The number of hydrogen-bond donors (Lipinski definition) is 2. The maximum atomic E-state index is 5.52. The van der Waals surface area contributed by atoms with E-state index in [0.29, 0.717) is 0 Å². The molecular formula is C7H11N2. The molecule has 1 rings (SSSR count).